The fraction of sp³-hybridized carbons (Fsp3) is 0.250. The summed E-state index contributed by atoms with van der Waals surface area (Å²) in [5.41, 5.74) is 11.5. The van der Waals surface area contributed by atoms with Crippen LogP contribution >= 0.6 is 0 Å². The van der Waals surface area contributed by atoms with Crippen LogP contribution in [0, 0.1) is 0 Å². The van der Waals surface area contributed by atoms with E-state index in [0.717, 1.165) is 28.8 Å². The minimum Gasteiger partial charge on any atom is -0.392 e. The van der Waals surface area contributed by atoms with Crippen LogP contribution in [0.2, 0.25) is 0 Å². The minimum absolute atomic E-state index is 0.270. The zero-order chi connectivity index (χ0) is 23.4. The maximum atomic E-state index is 12.2. The largest absolute Gasteiger partial charge is 0.392 e. The molecule has 170 valence electrons. The van der Waals surface area contributed by atoms with E-state index in [1.54, 1.807) is 19.3 Å². The number of rotatable bonds is 9. The van der Waals surface area contributed by atoms with Crippen LogP contribution < -0.4 is 16.4 Å². The van der Waals surface area contributed by atoms with Gasteiger partial charge < -0.3 is 26.5 Å². The number of anilines is 2. The number of benzene rings is 1. The lowest BCUT2D eigenvalue weighted by Gasteiger charge is -2.17. The van der Waals surface area contributed by atoms with Crippen molar-refractivity contribution in [3.05, 3.63) is 65.6 Å². The zero-order valence-corrected chi connectivity index (χ0v) is 18.6. The molecule has 0 saturated carbocycles. The Morgan fingerprint density at radius 1 is 1.24 bits per heavy atom. The average molecular weight is 446 g/mol. The second-order valence-electron chi connectivity index (χ2n) is 7.83. The van der Waals surface area contributed by atoms with E-state index < -0.39 is 12.0 Å². The maximum absolute atomic E-state index is 12.2. The lowest BCUT2D eigenvalue weighted by molar-refractivity contribution is 0.100. The lowest BCUT2D eigenvalue weighted by Crippen LogP contribution is -2.24. The number of H-pyrrole nitrogens is 1. The molecular weight excluding hydrogens is 418 g/mol. The van der Waals surface area contributed by atoms with Crippen LogP contribution in [0.4, 0.5) is 11.4 Å². The molecule has 0 saturated heterocycles. The number of imidazole rings is 1. The van der Waals surface area contributed by atoms with Gasteiger partial charge in [-0.3, -0.25) is 9.78 Å². The summed E-state index contributed by atoms with van der Waals surface area (Å²) in [5, 5.41) is 16.2. The summed E-state index contributed by atoms with van der Waals surface area (Å²) >= 11 is 0. The zero-order valence-electron chi connectivity index (χ0n) is 18.6. The highest BCUT2D eigenvalue weighted by Crippen LogP contribution is 2.32. The normalized spacial score (nSPS) is 12.1. The standard InChI is InChI=1S/C24H27N7O2/c1-3-17-16(12-27-11-14(2)32)5-4-6-19(17)29-20-18(22(25)33)13-28-24-21(20)30-23(31-24)15-7-9-26-10-8-15/h4-10,13-14,27,32H,3,11-12H2,1-2H3,(H2,25,33)(H2,28,29,30,31). The van der Waals surface area contributed by atoms with Crippen molar-refractivity contribution in [3.63, 3.8) is 0 Å². The van der Waals surface area contributed by atoms with Crippen molar-refractivity contribution in [1.29, 1.82) is 0 Å². The molecule has 3 heterocycles. The van der Waals surface area contributed by atoms with Crippen LogP contribution in [0.3, 0.4) is 0 Å². The van der Waals surface area contributed by atoms with E-state index in [4.69, 9.17) is 5.73 Å². The van der Waals surface area contributed by atoms with Crippen molar-refractivity contribution in [2.45, 2.75) is 32.9 Å². The fourth-order valence-corrected chi connectivity index (χ4v) is 3.81. The van der Waals surface area contributed by atoms with Crippen molar-refractivity contribution in [2.75, 3.05) is 11.9 Å². The molecule has 9 heteroatoms. The van der Waals surface area contributed by atoms with Crippen LogP contribution in [0.1, 0.15) is 35.3 Å². The van der Waals surface area contributed by atoms with E-state index in [-0.39, 0.29) is 5.56 Å². The van der Waals surface area contributed by atoms with Crippen LogP contribution in [0.5, 0.6) is 0 Å². The molecule has 1 atom stereocenters. The summed E-state index contributed by atoms with van der Waals surface area (Å²) in [6, 6.07) is 9.66. The Morgan fingerprint density at radius 3 is 2.73 bits per heavy atom. The predicted octanol–water partition coefficient (Wildman–Crippen LogP) is 2.90. The highest BCUT2D eigenvalue weighted by atomic mass is 16.3. The number of carbonyl (C=O) groups excluding carboxylic acids is 1. The van der Waals surface area contributed by atoms with Gasteiger partial charge in [0, 0.05) is 42.9 Å². The van der Waals surface area contributed by atoms with Gasteiger partial charge in [-0.1, -0.05) is 19.1 Å². The molecule has 1 aromatic carbocycles. The van der Waals surface area contributed by atoms with Gasteiger partial charge in [0.05, 0.1) is 17.4 Å². The fourth-order valence-electron chi connectivity index (χ4n) is 3.81. The molecule has 4 aromatic rings. The molecule has 1 amide bonds. The number of pyridine rings is 2. The number of hydrogen-bond donors (Lipinski definition) is 5. The molecule has 0 aliphatic heterocycles. The van der Waals surface area contributed by atoms with Gasteiger partial charge in [0.1, 0.15) is 11.3 Å². The molecule has 0 bridgehead atoms. The van der Waals surface area contributed by atoms with Gasteiger partial charge >= 0.3 is 0 Å². The van der Waals surface area contributed by atoms with Gasteiger partial charge in [0.15, 0.2) is 5.65 Å². The first-order valence-corrected chi connectivity index (χ1v) is 10.8. The number of nitrogens with two attached hydrogens (primary N) is 1. The first-order chi connectivity index (χ1) is 16.0. The molecule has 6 N–H and O–H groups in total. The van der Waals surface area contributed by atoms with Gasteiger partial charge in [0.25, 0.3) is 5.91 Å². The molecule has 33 heavy (non-hydrogen) atoms. The number of fused-ring (bicyclic) bond motifs is 1. The third kappa shape index (κ3) is 4.84. The summed E-state index contributed by atoms with van der Waals surface area (Å²) in [4.78, 5) is 28.5. The number of nitrogens with one attached hydrogen (secondary N) is 3. The maximum Gasteiger partial charge on any atom is 0.252 e. The lowest BCUT2D eigenvalue weighted by atomic mass is 10.0. The highest BCUT2D eigenvalue weighted by molar-refractivity contribution is 6.06. The van der Waals surface area contributed by atoms with E-state index >= 15 is 0 Å². The van der Waals surface area contributed by atoms with Crippen molar-refractivity contribution in [1.82, 2.24) is 25.3 Å². The van der Waals surface area contributed by atoms with Crippen molar-refractivity contribution in [3.8, 4) is 11.4 Å². The smallest absolute Gasteiger partial charge is 0.252 e. The molecule has 1 unspecified atom stereocenters. The van der Waals surface area contributed by atoms with Crippen LogP contribution in [-0.4, -0.2) is 43.6 Å². The number of aromatic nitrogens is 4. The topological polar surface area (TPSA) is 142 Å². The first kappa shape index (κ1) is 22.4. The molecule has 3 aromatic heterocycles. The van der Waals surface area contributed by atoms with Crippen LogP contribution in [0.15, 0.2) is 48.9 Å². The molecule has 0 aliphatic carbocycles. The molecular formula is C24H27N7O2. The first-order valence-electron chi connectivity index (χ1n) is 10.8. The van der Waals surface area contributed by atoms with Crippen molar-refractivity contribution in [2.24, 2.45) is 5.73 Å². The van der Waals surface area contributed by atoms with Gasteiger partial charge in [0.2, 0.25) is 0 Å². The average Bonchev–Trinajstić information content (AvgIpc) is 3.24. The van der Waals surface area contributed by atoms with Crippen LogP contribution in [-0.2, 0) is 13.0 Å². The summed E-state index contributed by atoms with van der Waals surface area (Å²) in [5.74, 6) is 0.0381. The molecule has 9 nitrogen and oxygen atoms in total. The monoisotopic (exact) mass is 445 g/mol. The highest BCUT2D eigenvalue weighted by Gasteiger charge is 2.19. The third-order valence-electron chi connectivity index (χ3n) is 5.38. The minimum atomic E-state index is -0.584. The van der Waals surface area contributed by atoms with E-state index in [9.17, 15) is 9.90 Å². The Labute approximate surface area is 191 Å². The van der Waals surface area contributed by atoms with Crippen LogP contribution in [0.25, 0.3) is 22.6 Å². The third-order valence-corrected chi connectivity index (χ3v) is 5.38. The molecule has 4 rings (SSSR count). The van der Waals surface area contributed by atoms with Gasteiger partial charge in [-0.15, -0.1) is 0 Å². The van der Waals surface area contributed by atoms with Gasteiger partial charge in [-0.05, 0) is 42.7 Å². The summed E-state index contributed by atoms with van der Waals surface area (Å²) in [6.07, 6.45) is 5.18. The van der Waals surface area contributed by atoms with Gasteiger partial charge in [-0.25, -0.2) is 9.97 Å². The summed E-state index contributed by atoms with van der Waals surface area (Å²) in [6.45, 7) is 4.95. The molecule has 0 fully saturated rings. The second kappa shape index (κ2) is 9.76. The van der Waals surface area contributed by atoms with Gasteiger partial charge in [-0.2, -0.15) is 0 Å². The SMILES string of the molecule is CCc1c(CNCC(C)O)cccc1Nc1c(C(N)=O)cnc2nc(-c3ccncc3)[nH]c12. The Morgan fingerprint density at radius 2 is 2.03 bits per heavy atom. The number of aliphatic hydroxyl groups excluding tert-OH is 1. The number of carbonyl (C=O) groups is 1. The number of nitrogens with zero attached hydrogens (tertiary/aromatic N) is 3. The predicted molar refractivity (Wildman–Crippen MR) is 128 cm³/mol. The Bertz CT molecular complexity index is 1270. The Kier molecular flexibility index (Phi) is 6.62. The number of primary amides is 1. The Balaban J connectivity index is 1.77. The summed E-state index contributed by atoms with van der Waals surface area (Å²) in [7, 11) is 0. The van der Waals surface area contributed by atoms with E-state index in [1.807, 2.05) is 30.3 Å². The van der Waals surface area contributed by atoms with Crippen molar-refractivity contribution < 1.29 is 9.90 Å². The molecule has 0 aliphatic rings. The number of amides is 1. The molecule has 0 radical (unpaired) electrons. The number of aromatic amines is 1. The van der Waals surface area contributed by atoms with E-state index in [1.165, 1.54) is 6.20 Å². The summed E-state index contributed by atoms with van der Waals surface area (Å²) < 4.78 is 0. The van der Waals surface area contributed by atoms with Crippen molar-refractivity contribution >= 4 is 28.4 Å². The Hall–Kier alpha value is -3.82. The second-order valence-corrected chi connectivity index (χ2v) is 7.83. The number of hydrogen-bond acceptors (Lipinski definition) is 7. The van der Waals surface area contributed by atoms with E-state index in [2.05, 4.69) is 37.5 Å². The quantitative estimate of drug-likeness (QED) is 0.267. The van der Waals surface area contributed by atoms with E-state index in [0.29, 0.717) is 35.8 Å². The number of aliphatic hydroxyl groups is 1. The molecule has 0 spiro atoms.